The van der Waals surface area contributed by atoms with E-state index in [9.17, 15) is 9.59 Å². The third kappa shape index (κ3) is 5.70. The first kappa shape index (κ1) is 18.0. The van der Waals surface area contributed by atoms with Gasteiger partial charge in [-0.1, -0.05) is 54.1 Å². The Morgan fingerprint density at radius 2 is 1.50 bits per heavy atom. The third-order valence-corrected chi connectivity index (χ3v) is 3.94. The number of nitrogens with one attached hydrogen (secondary N) is 2. The first-order valence-corrected chi connectivity index (χ1v) is 8.25. The van der Waals surface area contributed by atoms with Crippen molar-refractivity contribution in [3.8, 4) is 0 Å². The molecule has 2 aromatic carbocycles. The zero-order valence-electron chi connectivity index (χ0n) is 13.6. The molecular weight excluding hydrogens is 324 g/mol. The Bertz CT molecular complexity index is 672. The zero-order chi connectivity index (χ0) is 17.4. The molecule has 1 atom stereocenters. The van der Waals surface area contributed by atoms with E-state index in [-0.39, 0.29) is 17.7 Å². The quantitative estimate of drug-likeness (QED) is 0.758. The molecule has 4 nitrogen and oxygen atoms in total. The van der Waals surface area contributed by atoms with Crippen molar-refractivity contribution >= 4 is 23.4 Å². The van der Waals surface area contributed by atoms with Gasteiger partial charge in [-0.25, -0.2) is 0 Å². The molecule has 0 spiro atoms. The summed E-state index contributed by atoms with van der Waals surface area (Å²) in [6, 6.07) is 17.5. The molecule has 5 heteroatoms. The molecule has 24 heavy (non-hydrogen) atoms. The van der Waals surface area contributed by atoms with Crippen LogP contribution in [0.3, 0.4) is 0 Å². The minimum atomic E-state index is -0.104. The van der Waals surface area contributed by atoms with E-state index in [1.54, 1.807) is 0 Å². The summed E-state index contributed by atoms with van der Waals surface area (Å²) >= 11 is 5.96. The van der Waals surface area contributed by atoms with E-state index in [2.05, 4.69) is 10.6 Å². The van der Waals surface area contributed by atoms with Gasteiger partial charge in [0.25, 0.3) is 0 Å². The molecule has 0 saturated heterocycles. The first-order chi connectivity index (χ1) is 11.6. The van der Waals surface area contributed by atoms with Crippen LogP contribution in [-0.4, -0.2) is 24.9 Å². The van der Waals surface area contributed by atoms with Gasteiger partial charge < -0.3 is 10.6 Å². The van der Waals surface area contributed by atoms with Crippen molar-refractivity contribution in [1.29, 1.82) is 0 Å². The summed E-state index contributed by atoms with van der Waals surface area (Å²) in [5, 5.41) is 6.17. The zero-order valence-corrected chi connectivity index (χ0v) is 14.3. The minimum absolute atomic E-state index is 0.0377. The molecule has 2 aromatic rings. The van der Waals surface area contributed by atoms with E-state index >= 15 is 0 Å². The molecule has 2 amide bonds. The van der Waals surface area contributed by atoms with Crippen LogP contribution in [0.5, 0.6) is 0 Å². The summed E-state index contributed by atoms with van der Waals surface area (Å²) in [4.78, 5) is 23.1. The van der Waals surface area contributed by atoms with Crippen molar-refractivity contribution in [3.63, 3.8) is 0 Å². The van der Waals surface area contributed by atoms with Crippen molar-refractivity contribution in [3.05, 3.63) is 70.7 Å². The molecule has 0 unspecified atom stereocenters. The number of halogens is 1. The number of carbonyl (C=O) groups excluding carboxylic acids is 2. The van der Waals surface area contributed by atoms with E-state index in [4.69, 9.17) is 11.6 Å². The fraction of sp³-hybridized carbons (Fsp3) is 0.263. The average molecular weight is 345 g/mol. The SMILES string of the molecule is CC(=O)NCCNC(=O)C[C@H](c1ccccc1)c1ccc(Cl)cc1. The topological polar surface area (TPSA) is 58.2 Å². The van der Waals surface area contributed by atoms with Gasteiger partial charge >= 0.3 is 0 Å². The van der Waals surface area contributed by atoms with Gasteiger partial charge in [0.2, 0.25) is 11.8 Å². The molecule has 0 radical (unpaired) electrons. The van der Waals surface area contributed by atoms with Gasteiger partial charge in [-0.15, -0.1) is 0 Å². The molecule has 126 valence electrons. The molecule has 0 aliphatic heterocycles. The van der Waals surface area contributed by atoms with Gasteiger partial charge in [0.05, 0.1) is 0 Å². The van der Waals surface area contributed by atoms with Gasteiger partial charge in [-0.3, -0.25) is 9.59 Å². The second-order valence-corrected chi connectivity index (χ2v) is 5.99. The number of hydrogen-bond acceptors (Lipinski definition) is 2. The van der Waals surface area contributed by atoms with Crippen LogP contribution in [0.1, 0.15) is 30.4 Å². The summed E-state index contributed by atoms with van der Waals surface area (Å²) in [5.41, 5.74) is 2.12. The number of amides is 2. The van der Waals surface area contributed by atoms with Crippen molar-refractivity contribution in [2.75, 3.05) is 13.1 Å². The van der Waals surface area contributed by atoms with Crippen molar-refractivity contribution in [1.82, 2.24) is 10.6 Å². The monoisotopic (exact) mass is 344 g/mol. The van der Waals surface area contributed by atoms with E-state index in [1.807, 2.05) is 54.6 Å². The maximum Gasteiger partial charge on any atom is 0.221 e. The van der Waals surface area contributed by atoms with Crippen LogP contribution >= 0.6 is 11.6 Å². The Labute approximate surface area is 147 Å². The van der Waals surface area contributed by atoms with Crippen LogP contribution < -0.4 is 10.6 Å². The van der Waals surface area contributed by atoms with Gasteiger partial charge in [0.1, 0.15) is 0 Å². The summed E-state index contributed by atoms with van der Waals surface area (Å²) < 4.78 is 0. The average Bonchev–Trinajstić information content (AvgIpc) is 2.58. The van der Waals surface area contributed by atoms with E-state index in [0.717, 1.165) is 11.1 Å². The Hall–Kier alpha value is -2.33. The molecule has 0 aliphatic carbocycles. The molecule has 0 heterocycles. The molecule has 2 N–H and O–H groups in total. The Morgan fingerprint density at radius 3 is 2.12 bits per heavy atom. The molecule has 0 fully saturated rings. The normalized spacial score (nSPS) is 11.6. The number of rotatable bonds is 7. The fourth-order valence-electron chi connectivity index (χ4n) is 2.51. The van der Waals surface area contributed by atoms with Crippen molar-refractivity contribution in [2.45, 2.75) is 19.3 Å². The number of hydrogen-bond donors (Lipinski definition) is 2. The lowest BCUT2D eigenvalue weighted by Crippen LogP contribution is -2.34. The number of benzene rings is 2. The third-order valence-electron chi connectivity index (χ3n) is 3.68. The minimum Gasteiger partial charge on any atom is -0.355 e. The maximum absolute atomic E-state index is 12.3. The van der Waals surface area contributed by atoms with Crippen molar-refractivity contribution in [2.24, 2.45) is 0 Å². The summed E-state index contributed by atoms with van der Waals surface area (Å²) in [5.74, 6) is -0.194. The van der Waals surface area contributed by atoms with E-state index in [0.29, 0.717) is 24.5 Å². The molecule has 0 aromatic heterocycles. The lowest BCUT2D eigenvalue weighted by molar-refractivity contribution is -0.122. The van der Waals surface area contributed by atoms with Crippen LogP contribution in [-0.2, 0) is 9.59 Å². The molecule has 0 bridgehead atoms. The maximum atomic E-state index is 12.3. The van der Waals surface area contributed by atoms with Crippen LogP contribution in [0.15, 0.2) is 54.6 Å². The molecule has 0 saturated carbocycles. The summed E-state index contributed by atoms with van der Waals surface area (Å²) in [6.45, 7) is 2.30. The van der Waals surface area contributed by atoms with E-state index in [1.165, 1.54) is 6.92 Å². The summed E-state index contributed by atoms with van der Waals surface area (Å²) in [6.07, 6.45) is 0.339. The predicted molar refractivity (Wildman–Crippen MR) is 96.0 cm³/mol. The lowest BCUT2D eigenvalue weighted by atomic mass is 9.88. The second-order valence-electron chi connectivity index (χ2n) is 5.55. The molecular formula is C19H21ClN2O2. The highest BCUT2D eigenvalue weighted by Gasteiger charge is 2.18. The second kappa shape index (κ2) is 9.08. The largest absolute Gasteiger partial charge is 0.355 e. The predicted octanol–water partition coefficient (Wildman–Crippen LogP) is 3.11. The highest BCUT2D eigenvalue weighted by atomic mass is 35.5. The highest BCUT2D eigenvalue weighted by molar-refractivity contribution is 6.30. The van der Waals surface area contributed by atoms with Gasteiger partial charge in [0, 0.05) is 37.4 Å². The fourth-order valence-corrected chi connectivity index (χ4v) is 2.63. The van der Waals surface area contributed by atoms with Crippen LogP contribution in [0.4, 0.5) is 0 Å². The Balaban J connectivity index is 2.05. The summed E-state index contributed by atoms with van der Waals surface area (Å²) in [7, 11) is 0. The Morgan fingerprint density at radius 1 is 0.917 bits per heavy atom. The molecule has 2 rings (SSSR count). The van der Waals surface area contributed by atoms with Gasteiger partial charge in [-0.2, -0.15) is 0 Å². The highest BCUT2D eigenvalue weighted by Crippen LogP contribution is 2.28. The van der Waals surface area contributed by atoms with Gasteiger partial charge in [0.15, 0.2) is 0 Å². The Kier molecular flexibility index (Phi) is 6.82. The van der Waals surface area contributed by atoms with Gasteiger partial charge in [-0.05, 0) is 23.3 Å². The van der Waals surface area contributed by atoms with Crippen LogP contribution in [0.25, 0.3) is 0 Å². The lowest BCUT2D eigenvalue weighted by Gasteiger charge is -2.18. The first-order valence-electron chi connectivity index (χ1n) is 7.88. The van der Waals surface area contributed by atoms with E-state index < -0.39 is 0 Å². The number of carbonyl (C=O) groups is 2. The van der Waals surface area contributed by atoms with Crippen LogP contribution in [0.2, 0.25) is 5.02 Å². The smallest absolute Gasteiger partial charge is 0.221 e. The standard InChI is InChI=1S/C19H21ClN2O2/c1-14(23)21-11-12-22-19(24)13-18(15-5-3-2-4-6-15)16-7-9-17(20)10-8-16/h2-10,18H,11-13H2,1H3,(H,21,23)(H,22,24)/t18-/m1/s1. The van der Waals surface area contributed by atoms with Crippen LogP contribution in [0, 0.1) is 0 Å². The van der Waals surface area contributed by atoms with Crippen molar-refractivity contribution < 1.29 is 9.59 Å². The molecule has 0 aliphatic rings.